The summed E-state index contributed by atoms with van der Waals surface area (Å²) in [6, 6.07) is 7.56. The van der Waals surface area contributed by atoms with Crippen molar-refractivity contribution in [2.75, 3.05) is 27.3 Å². The average molecular weight is 472 g/mol. The Morgan fingerprint density at radius 2 is 1.79 bits per heavy atom. The number of thiophene rings is 1. The van der Waals surface area contributed by atoms with Gasteiger partial charge < -0.3 is 24.0 Å². The van der Waals surface area contributed by atoms with Crippen molar-refractivity contribution in [3.63, 3.8) is 0 Å². The molecule has 1 aliphatic heterocycles. The molecular formula is C24H29N3O5S. The molecule has 0 aliphatic carbocycles. The highest BCUT2D eigenvalue weighted by molar-refractivity contribution is 7.19. The molecule has 4 rings (SSSR count). The standard InChI is InChI=1S/C24H29N3O5S/c1-14-10-26(11-15(2)27(14)24(29)30)12-17-9-18-22(33-17)19(13-25(3)23(18)28)16-6-7-20(31-4)21(8-16)32-5/h6-9,13-15H,10-12H2,1-5H3,(H,29,30). The molecule has 176 valence electrons. The number of piperazine rings is 1. The molecule has 3 aromatic rings. The Morgan fingerprint density at radius 1 is 1.12 bits per heavy atom. The van der Waals surface area contributed by atoms with Crippen molar-refractivity contribution in [3.8, 4) is 22.6 Å². The van der Waals surface area contributed by atoms with Crippen LogP contribution < -0.4 is 15.0 Å². The molecule has 1 aromatic carbocycles. The summed E-state index contributed by atoms with van der Waals surface area (Å²) in [4.78, 5) is 29.3. The Kier molecular flexibility index (Phi) is 6.36. The number of carbonyl (C=O) groups is 1. The highest BCUT2D eigenvalue weighted by atomic mass is 32.1. The first-order valence-corrected chi connectivity index (χ1v) is 11.6. The summed E-state index contributed by atoms with van der Waals surface area (Å²) in [5.74, 6) is 1.28. The molecule has 3 heterocycles. The Labute approximate surface area is 196 Å². The lowest BCUT2D eigenvalue weighted by molar-refractivity contribution is 0.0385. The Bertz CT molecular complexity index is 1240. The first-order chi connectivity index (χ1) is 15.7. The van der Waals surface area contributed by atoms with Gasteiger partial charge in [-0.05, 0) is 37.6 Å². The molecule has 8 nitrogen and oxygen atoms in total. The van der Waals surface area contributed by atoms with E-state index in [4.69, 9.17) is 9.47 Å². The number of methoxy groups -OCH3 is 2. The minimum Gasteiger partial charge on any atom is -0.493 e. The van der Waals surface area contributed by atoms with Crippen LogP contribution in [0.5, 0.6) is 11.5 Å². The van der Waals surface area contributed by atoms with Gasteiger partial charge in [-0.25, -0.2) is 4.79 Å². The number of nitrogens with zero attached hydrogens (tertiary/aromatic N) is 3. The van der Waals surface area contributed by atoms with Gasteiger partial charge in [0.1, 0.15) is 0 Å². The van der Waals surface area contributed by atoms with E-state index in [1.54, 1.807) is 37.2 Å². The smallest absolute Gasteiger partial charge is 0.407 e. The predicted molar refractivity (Wildman–Crippen MR) is 130 cm³/mol. The highest BCUT2D eigenvalue weighted by Gasteiger charge is 2.32. The molecule has 2 aromatic heterocycles. The third-order valence-electron chi connectivity index (χ3n) is 6.19. The van der Waals surface area contributed by atoms with Crippen LogP contribution in [0.2, 0.25) is 0 Å². The summed E-state index contributed by atoms with van der Waals surface area (Å²) in [5.41, 5.74) is 1.87. The fourth-order valence-corrected chi connectivity index (χ4v) is 5.97. The summed E-state index contributed by atoms with van der Waals surface area (Å²) in [5, 5.41) is 10.2. The second-order valence-electron chi connectivity index (χ2n) is 8.57. The van der Waals surface area contributed by atoms with E-state index >= 15 is 0 Å². The number of aromatic nitrogens is 1. The third kappa shape index (κ3) is 4.30. The van der Waals surface area contributed by atoms with Crippen molar-refractivity contribution < 1.29 is 19.4 Å². The SMILES string of the molecule is COc1ccc(-c2cn(C)c(=O)c3cc(CN4CC(C)N(C(=O)O)C(C)C4)sc23)cc1OC. The summed E-state index contributed by atoms with van der Waals surface area (Å²) in [6.45, 7) is 5.87. The molecule has 0 bridgehead atoms. The van der Waals surface area contributed by atoms with Crippen molar-refractivity contribution in [2.45, 2.75) is 32.5 Å². The second kappa shape index (κ2) is 9.07. The molecule has 1 saturated heterocycles. The molecule has 1 aliphatic rings. The van der Waals surface area contributed by atoms with Crippen molar-refractivity contribution in [3.05, 3.63) is 45.7 Å². The molecule has 0 radical (unpaired) electrons. The average Bonchev–Trinajstić information content (AvgIpc) is 3.18. The van der Waals surface area contributed by atoms with Crippen LogP contribution in [0.1, 0.15) is 18.7 Å². The van der Waals surface area contributed by atoms with Crippen molar-refractivity contribution in [1.82, 2.24) is 14.4 Å². The molecule has 0 spiro atoms. The maximum atomic E-state index is 12.9. The number of pyridine rings is 1. The highest BCUT2D eigenvalue weighted by Crippen LogP contribution is 2.38. The minimum absolute atomic E-state index is 0.0332. The van der Waals surface area contributed by atoms with Gasteiger partial charge in [0.05, 0.1) is 19.6 Å². The van der Waals surface area contributed by atoms with E-state index in [1.165, 1.54) is 4.90 Å². The van der Waals surface area contributed by atoms with E-state index < -0.39 is 6.09 Å². The second-order valence-corrected chi connectivity index (χ2v) is 9.70. The minimum atomic E-state index is -0.875. The number of hydrogen-bond acceptors (Lipinski definition) is 6. The molecule has 2 unspecified atom stereocenters. The van der Waals surface area contributed by atoms with E-state index in [9.17, 15) is 14.7 Å². The molecule has 1 amide bonds. The summed E-state index contributed by atoms with van der Waals surface area (Å²) >= 11 is 1.61. The number of fused-ring (bicyclic) bond motifs is 1. The number of carboxylic acid groups (broad SMARTS) is 1. The predicted octanol–water partition coefficient (Wildman–Crippen LogP) is 3.86. The van der Waals surface area contributed by atoms with Gasteiger partial charge in [0.15, 0.2) is 11.5 Å². The van der Waals surface area contributed by atoms with Crippen molar-refractivity contribution >= 4 is 27.5 Å². The summed E-state index contributed by atoms with van der Waals surface area (Å²) in [6.07, 6.45) is 0.988. The van der Waals surface area contributed by atoms with Crippen molar-refractivity contribution in [1.29, 1.82) is 0 Å². The van der Waals surface area contributed by atoms with Crippen LogP contribution in [0.3, 0.4) is 0 Å². The fraction of sp³-hybridized carbons (Fsp3) is 0.417. The maximum absolute atomic E-state index is 12.9. The van der Waals surface area contributed by atoms with Gasteiger partial charge in [-0.1, -0.05) is 6.07 Å². The van der Waals surface area contributed by atoms with Crippen LogP contribution in [0.4, 0.5) is 4.79 Å². The van der Waals surface area contributed by atoms with E-state index in [0.717, 1.165) is 20.7 Å². The zero-order valence-corrected chi connectivity index (χ0v) is 20.3. The Balaban J connectivity index is 1.70. The van der Waals surface area contributed by atoms with Crippen LogP contribution in [-0.2, 0) is 13.6 Å². The third-order valence-corrected chi connectivity index (χ3v) is 7.34. The topological polar surface area (TPSA) is 84.2 Å². The zero-order chi connectivity index (χ0) is 23.9. The molecule has 0 saturated carbocycles. The van der Waals surface area contributed by atoms with E-state index in [1.807, 2.05) is 44.3 Å². The molecule has 9 heteroatoms. The molecular weight excluding hydrogens is 442 g/mol. The quantitative estimate of drug-likeness (QED) is 0.608. The lowest BCUT2D eigenvalue weighted by Crippen LogP contribution is -2.57. The van der Waals surface area contributed by atoms with E-state index in [-0.39, 0.29) is 17.6 Å². The number of amides is 1. The van der Waals surface area contributed by atoms with Crippen LogP contribution >= 0.6 is 11.3 Å². The normalized spacial score (nSPS) is 19.1. The summed E-state index contributed by atoms with van der Waals surface area (Å²) in [7, 11) is 4.97. The van der Waals surface area contributed by atoms with Crippen molar-refractivity contribution in [2.24, 2.45) is 7.05 Å². The van der Waals surface area contributed by atoms with Gasteiger partial charge in [0.25, 0.3) is 5.56 Å². The number of ether oxygens (including phenoxy) is 2. The maximum Gasteiger partial charge on any atom is 0.407 e. The van der Waals surface area contributed by atoms with Crippen LogP contribution in [-0.4, -0.2) is 65.0 Å². The van der Waals surface area contributed by atoms with Crippen LogP contribution in [0, 0.1) is 0 Å². The van der Waals surface area contributed by atoms with Crippen LogP contribution in [0.15, 0.2) is 35.3 Å². The van der Waals surface area contributed by atoms with Gasteiger partial charge in [0.2, 0.25) is 0 Å². The van der Waals surface area contributed by atoms with Crippen LogP contribution in [0.25, 0.3) is 21.2 Å². The number of aryl methyl sites for hydroxylation is 1. The fourth-order valence-electron chi connectivity index (χ4n) is 4.75. The number of rotatable bonds is 5. The lowest BCUT2D eigenvalue weighted by atomic mass is 10.1. The first-order valence-electron chi connectivity index (χ1n) is 10.8. The lowest BCUT2D eigenvalue weighted by Gasteiger charge is -2.42. The Morgan fingerprint density at radius 3 is 2.39 bits per heavy atom. The molecule has 2 atom stereocenters. The van der Waals surface area contributed by atoms with Gasteiger partial charge in [-0.3, -0.25) is 9.69 Å². The summed E-state index contributed by atoms with van der Waals surface area (Å²) < 4.78 is 13.4. The first kappa shape index (κ1) is 23.1. The van der Waals surface area contributed by atoms with Gasteiger partial charge in [-0.2, -0.15) is 0 Å². The zero-order valence-electron chi connectivity index (χ0n) is 19.5. The van der Waals surface area contributed by atoms with Gasteiger partial charge in [-0.15, -0.1) is 11.3 Å². The Hall–Kier alpha value is -3.04. The largest absolute Gasteiger partial charge is 0.493 e. The van der Waals surface area contributed by atoms with E-state index in [0.29, 0.717) is 36.5 Å². The number of hydrogen-bond donors (Lipinski definition) is 1. The molecule has 1 N–H and O–H groups in total. The van der Waals surface area contributed by atoms with E-state index in [2.05, 4.69) is 4.90 Å². The van der Waals surface area contributed by atoms with Gasteiger partial charge >= 0.3 is 6.09 Å². The van der Waals surface area contributed by atoms with Gasteiger partial charge in [0, 0.05) is 60.1 Å². The number of benzene rings is 1. The molecule has 33 heavy (non-hydrogen) atoms. The molecule has 1 fully saturated rings. The monoisotopic (exact) mass is 471 g/mol.